The second-order valence-electron chi connectivity index (χ2n) is 8.87. The molecule has 0 aromatic heterocycles. The molecular weight excluding hydrogens is 472 g/mol. The number of nitro benzene ring substituents is 1. The maximum absolute atomic E-state index is 14.0. The summed E-state index contributed by atoms with van der Waals surface area (Å²) in [5.74, 6) is -2.21. The van der Waals surface area contributed by atoms with Gasteiger partial charge in [0.25, 0.3) is 5.69 Å². The van der Waals surface area contributed by atoms with Crippen LogP contribution in [0.4, 0.5) is 17.1 Å². The normalized spacial score (nSPS) is 23.4. The van der Waals surface area contributed by atoms with E-state index in [1.165, 1.54) is 31.4 Å². The fourth-order valence-corrected chi connectivity index (χ4v) is 5.45. The Labute approximate surface area is 212 Å². The first-order valence-corrected chi connectivity index (χ1v) is 11.6. The van der Waals surface area contributed by atoms with Crippen LogP contribution in [-0.2, 0) is 14.3 Å². The van der Waals surface area contributed by atoms with Crippen LogP contribution in [0.1, 0.15) is 17.0 Å². The van der Waals surface area contributed by atoms with Gasteiger partial charge in [0.2, 0.25) is 5.91 Å². The monoisotopic (exact) mass is 494 g/mol. The summed E-state index contributed by atoms with van der Waals surface area (Å²) in [5.41, 5.74) is 0.558. The summed E-state index contributed by atoms with van der Waals surface area (Å²) < 4.78 is 5.16. The van der Waals surface area contributed by atoms with Gasteiger partial charge in [0.1, 0.15) is 6.04 Å². The molecule has 5 rings (SSSR count). The number of hydrogen-bond donors (Lipinski definition) is 1. The lowest BCUT2D eigenvalue weighted by atomic mass is 9.68. The first kappa shape index (κ1) is 23.8. The third-order valence-corrected chi connectivity index (χ3v) is 7.03. The standard InChI is InChI=1S/C28H22N4O5/c1-37-27(34)28(17-29)23-16-13-18-7-5-6-10-22(18)31(23)25(26(33)30-20-8-3-2-4-9-20)24(28)19-11-14-21(15-12-19)32(35)36/h2-16,23-25H,1H3,(H,30,33)/t23-,24+,25-,28-/m1/s1. The van der Waals surface area contributed by atoms with Crippen molar-refractivity contribution in [1.29, 1.82) is 5.26 Å². The minimum absolute atomic E-state index is 0.143. The number of fused-ring (bicyclic) bond motifs is 3. The van der Waals surface area contributed by atoms with Crippen molar-refractivity contribution in [2.24, 2.45) is 5.41 Å². The van der Waals surface area contributed by atoms with Crippen molar-refractivity contribution in [2.75, 3.05) is 17.3 Å². The molecule has 0 saturated carbocycles. The van der Waals surface area contributed by atoms with Crippen molar-refractivity contribution in [1.82, 2.24) is 0 Å². The van der Waals surface area contributed by atoms with E-state index in [9.17, 15) is 25.0 Å². The minimum atomic E-state index is -1.81. The summed E-state index contributed by atoms with van der Waals surface area (Å²) in [4.78, 5) is 40.0. The van der Waals surface area contributed by atoms with Gasteiger partial charge in [-0.25, -0.2) is 0 Å². The van der Waals surface area contributed by atoms with E-state index < -0.39 is 40.2 Å². The smallest absolute Gasteiger partial charge is 0.329 e. The van der Waals surface area contributed by atoms with Crippen molar-refractivity contribution in [3.63, 3.8) is 0 Å². The number of ether oxygens (including phenoxy) is 1. The molecule has 9 nitrogen and oxygen atoms in total. The number of esters is 1. The van der Waals surface area contributed by atoms with Crippen molar-refractivity contribution < 1.29 is 19.2 Å². The van der Waals surface area contributed by atoms with Gasteiger partial charge in [-0.15, -0.1) is 0 Å². The van der Waals surface area contributed by atoms with E-state index in [4.69, 9.17) is 4.74 Å². The molecule has 2 heterocycles. The van der Waals surface area contributed by atoms with Gasteiger partial charge in [0.05, 0.1) is 24.1 Å². The maximum Gasteiger partial charge on any atom is 0.329 e. The summed E-state index contributed by atoms with van der Waals surface area (Å²) in [7, 11) is 1.20. The van der Waals surface area contributed by atoms with Crippen molar-refractivity contribution in [3.05, 3.63) is 106 Å². The molecule has 0 unspecified atom stereocenters. The van der Waals surface area contributed by atoms with Gasteiger partial charge in [0.15, 0.2) is 5.41 Å². The van der Waals surface area contributed by atoms with E-state index in [1.807, 2.05) is 36.4 Å². The number of carbonyl (C=O) groups excluding carboxylic acids is 2. The van der Waals surface area contributed by atoms with E-state index in [0.29, 0.717) is 16.9 Å². The number of nitrogens with one attached hydrogen (secondary N) is 1. The Morgan fingerprint density at radius 2 is 1.73 bits per heavy atom. The maximum atomic E-state index is 14.0. The number of methoxy groups -OCH3 is 1. The number of nitro groups is 1. The number of nitrogens with zero attached hydrogens (tertiary/aromatic N) is 3. The highest BCUT2D eigenvalue weighted by molar-refractivity contribution is 6.02. The number of anilines is 2. The molecule has 9 heteroatoms. The fourth-order valence-electron chi connectivity index (χ4n) is 5.45. The molecule has 1 fully saturated rings. The lowest BCUT2D eigenvalue weighted by Crippen LogP contribution is -2.47. The van der Waals surface area contributed by atoms with E-state index in [2.05, 4.69) is 11.4 Å². The molecule has 1 saturated heterocycles. The third-order valence-electron chi connectivity index (χ3n) is 7.03. The molecule has 1 amide bonds. The number of benzene rings is 3. The van der Waals surface area contributed by atoms with Crippen LogP contribution in [0.25, 0.3) is 6.08 Å². The van der Waals surface area contributed by atoms with Crippen LogP contribution < -0.4 is 10.2 Å². The summed E-state index contributed by atoms with van der Waals surface area (Å²) in [6, 6.07) is 22.3. The highest BCUT2D eigenvalue weighted by Gasteiger charge is 2.67. The molecule has 184 valence electrons. The average Bonchev–Trinajstić information content (AvgIpc) is 3.25. The molecule has 0 aliphatic carbocycles. The second-order valence-corrected chi connectivity index (χ2v) is 8.87. The predicted molar refractivity (Wildman–Crippen MR) is 137 cm³/mol. The molecular formula is C28H22N4O5. The van der Waals surface area contributed by atoms with Gasteiger partial charge >= 0.3 is 5.97 Å². The number of non-ortho nitro benzene ring substituents is 1. The van der Waals surface area contributed by atoms with Gasteiger partial charge in [-0.2, -0.15) is 5.26 Å². The molecule has 2 aliphatic heterocycles. The Bertz CT molecular complexity index is 1450. The largest absolute Gasteiger partial charge is 0.468 e. The minimum Gasteiger partial charge on any atom is -0.468 e. The van der Waals surface area contributed by atoms with Crippen LogP contribution in [0.15, 0.2) is 84.9 Å². The highest BCUT2D eigenvalue weighted by Crippen LogP contribution is 2.56. The zero-order valence-electron chi connectivity index (χ0n) is 19.8. The van der Waals surface area contributed by atoms with Crippen molar-refractivity contribution in [2.45, 2.75) is 18.0 Å². The van der Waals surface area contributed by atoms with Gasteiger partial charge < -0.3 is 15.0 Å². The fraction of sp³-hybridized carbons (Fsp3) is 0.179. The molecule has 0 radical (unpaired) electrons. The molecule has 2 aliphatic rings. The zero-order valence-corrected chi connectivity index (χ0v) is 19.8. The van der Waals surface area contributed by atoms with E-state index >= 15 is 0 Å². The van der Waals surface area contributed by atoms with Gasteiger partial charge in [-0.05, 0) is 29.3 Å². The first-order valence-electron chi connectivity index (χ1n) is 11.6. The van der Waals surface area contributed by atoms with Crippen molar-refractivity contribution in [3.8, 4) is 6.07 Å². The second kappa shape index (κ2) is 9.24. The summed E-state index contributed by atoms with van der Waals surface area (Å²) in [6.45, 7) is 0. The zero-order chi connectivity index (χ0) is 26.2. The number of nitriles is 1. The Balaban J connectivity index is 1.74. The molecule has 4 atom stereocenters. The van der Waals surface area contributed by atoms with E-state index in [-0.39, 0.29) is 5.69 Å². The van der Waals surface area contributed by atoms with Crippen LogP contribution in [0.2, 0.25) is 0 Å². The van der Waals surface area contributed by atoms with Crippen LogP contribution >= 0.6 is 0 Å². The van der Waals surface area contributed by atoms with Crippen LogP contribution in [0.3, 0.4) is 0 Å². The van der Waals surface area contributed by atoms with Gasteiger partial charge in [-0.1, -0.05) is 60.7 Å². The third kappa shape index (κ3) is 3.70. The molecule has 1 N–H and O–H groups in total. The summed E-state index contributed by atoms with van der Waals surface area (Å²) in [6.07, 6.45) is 3.58. The van der Waals surface area contributed by atoms with Crippen LogP contribution in [-0.4, -0.2) is 36.0 Å². The number of hydrogen-bond acceptors (Lipinski definition) is 7. The highest BCUT2D eigenvalue weighted by atomic mass is 16.6. The average molecular weight is 495 g/mol. The SMILES string of the molecule is COC(=O)[C@@]1(C#N)[C@@H](c2ccc([N+](=O)[O-])cc2)[C@H](C(=O)Nc2ccccc2)N2c3ccccc3C=C[C@@H]21. The van der Waals surface area contributed by atoms with E-state index in [1.54, 1.807) is 35.2 Å². The summed E-state index contributed by atoms with van der Waals surface area (Å²) in [5, 5.41) is 24.8. The number of carbonyl (C=O) groups is 2. The Hall–Kier alpha value is -4.97. The van der Waals surface area contributed by atoms with Crippen molar-refractivity contribution >= 4 is 35.0 Å². The lowest BCUT2D eigenvalue weighted by molar-refractivity contribution is -0.384. The molecule has 3 aromatic carbocycles. The number of para-hydroxylation sites is 2. The Kier molecular flexibility index (Phi) is 5.93. The lowest BCUT2D eigenvalue weighted by Gasteiger charge is -2.36. The Morgan fingerprint density at radius 1 is 1.05 bits per heavy atom. The van der Waals surface area contributed by atoms with Gasteiger partial charge in [0, 0.05) is 29.4 Å². The van der Waals surface area contributed by atoms with Gasteiger partial charge in [-0.3, -0.25) is 19.7 Å². The topological polar surface area (TPSA) is 126 Å². The molecule has 37 heavy (non-hydrogen) atoms. The summed E-state index contributed by atoms with van der Waals surface area (Å²) >= 11 is 0. The molecule has 0 spiro atoms. The molecule has 0 bridgehead atoms. The van der Waals surface area contributed by atoms with Crippen LogP contribution in [0, 0.1) is 26.9 Å². The first-order chi connectivity index (χ1) is 17.9. The van der Waals surface area contributed by atoms with Crippen LogP contribution in [0.5, 0.6) is 0 Å². The number of rotatable bonds is 5. The molecule has 3 aromatic rings. The van der Waals surface area contributed by atoms with E-state index in [0.717, 1.165) is 5.56 Å². The quantitative estimate of drug-likeness (QED) is 0.319. The predicted octanol–water partition coefficient (Wildman–Crippen LogP) is 4.28. The number of amides is 1. The Morgan fingerprint density at radius 3 is 2.38 bits per heavy atom.